The molecule has 2 N–H and O–H groups in total. The summed E-state index contributed by atoms with van der Waals surface area (Å²) in [6.07, 6.45) is 1.35. The highest BCUT2D eigenvalue weighted by molar-refractivity contribution is 9.10. The van der Waals surface area contributed by atoms with E-state index < -0.39 is 6.10 Å². The number of ether oxygens (including phenoxy) is 2. The summed E-state index contributed by atoms with van der Waals surface area (Å²) in [5, 5.41) is 14.1. The van der Waals surface area contributed by atoms with Gasteiger partial charge in [0.1, 0.15) is 0 Å². The van der Waals surface area contributed by atoms with Crippen molar-refractivity contribution in [3.63, 3.8) is 0 Å². The third-order valence-electron chi connectivity index (χ3n) is 3.77. The van der Waals surface area contributed by atoms with Crippen LogP contribution in [0, 0.1) is 0 Å². The van der Waals surface area contributed by atoms with Crippen LogP contribution < -0.4 is 14.9 Å². The van der Waals surface area contributed by atoms with Crippen molar-refractivity contribution in [2.24, 2.45) is 5.10 Å². The van der Waals surface area contributed by atoms with E-state index in [1.165, 1.54) is 6.21 Å². The van der Waals surface area contributed by atoms with Crippen LogP contribution in [0.15, 0.2) is 52.0 Å². The second-order valence-corrected chi connectivity index (χ2v) is 6.58. The summed E-state index contributed by atoms with van der Waals surface area (Å²) in [6.45, 7) is 2.39. The number of hydrogen-bond acceptors (Lipinski definition) is 5. The number of aliphatic hydroxyl groups is 1. The summed E-state index contributed by atoms with van der Waals surface area (Å²) < 4.78 is 11.6. The molecule has 6 nitrogen and oxygen atoms in total. The molecule has 2 rings (SSSR count). The summed E-state index contributed by atoms with van der Waals surface area (Å²) in [5.74, 6) is 0.930. The van der Waals surface area contributed by atoms with Crippen molar-refractivity contribution in [3.05, 3.63) is 58.1 Å². The maximum atomic E-state index is 11.9. The molecule has 1 amide bonds. The van der Waals surface area contributed by atoms with Crippen molar-refractivity contribution in [1.82, 2.24) is 5.43 Å². The maximum absolute atomic E-state index is 11.9. The lowest BCUT2D eigenvalue weighted by Crippen LogP contribution is -2.18. The van der Waals surface area contributed by atoms with Crippen molar-refractivity contribution < 1.29 is 19.4 Å². The number of benzene rings is 2. The Labute approximate surface area is 167 Å². The van der Waals surface area contributed by atoms with Gasteiger partial charge in [-0.1, -0.05) is 30.3 Å². The van der Waals surface area contributed by atoms with Gasteiger partial charge in [-0.05, 0) is 52.5 Å². The molecule has 144 valence electrons. The molecule has 0 spiro atoms. The zero-order chi connectivity index (χ0) is 19.6. The number of aliphatic hydroxyl groups excluding tert-OH is 1. The third kappa shape index (κ3) is 6.37. The van der Waals surface area contributed by atoms with E-state index in [0.717, 1.165) is 15.6 Å². The number of rotatable bonds is 9. The minimum Gasteiger partial charge on any atom is -0.492 e. The highest BCUT2D eigenvalue weighted by Crippen LogP contribution is 2.36. The minimum atomic E-state index is -0.674. The first-order valence-electron chi connectivity index (χ1n) is 8.60. The van der Waals surface area contributed by atoms with Crippen molar-refractivity contribution in [2.45, 2.75) is 25.9 Å². The minimum absolute atomic E-state index is 0.171. The molecular weight excluding hydrogens is 412 g/mol. The Balaban J connectivity index is 1.90. The fourth-order valence-corrected chi connectivity index (χ4v) is 3.09. The summed E-state index contributed by atoms with van der Waals surface area (Å²) >= 11 is 3.43. The number of carbonyl (C=O) groups is 1. The van der Waals surface area contributed by atoms with Gasteiger partial charge in [0.2, 0.25) is 5.91 Å². The first-order chi connectivity index (χ1) is 13.0. The van der Waals surface area contributed by atoms with Gasteiger partial charge >= 0.3 is 0 Å². The van der Waals surface area contributed by atoms with Gasteiger partial charge in [-0.2, -0.15) is 5.10 Å². The molecule has 0 unspecified atom stereocenters. The average molecular weight is 435 g/mol. The lowest BCUT2D eigenvalue weighted by molar-refractivity contribution is -0.121. The predicted octanol–water partition coefficient (Wildman–Crippen LogP) is 3.82. The van der Waals surface area contributed by atoms with Gasteiger partial charge in [-0.3, -0.25) is 4.79 Å². The molecule has 0 radical (unpaired) electrons. The van der Waals surface area contributed by atoms with E-state index in [-0.39, 0.29) is 12.3 Å². The molecule has 0 saturated carbocycles. The Hall–Kier alpha value is -2.38. The Morgan fingerprint density at radius 2 is 2.07 bits per heavy atom. The molecule has 0 fully saturated rings. The molecule has 0 aliphatic rings. The Kier molecular flexibility index (Phi) is 8.29. The zero-order valence-corrected chi connectivity index (χ0v) is 16.9. The molecule has 1 atom stereocenters. The molecule has 0 aliphatic carbocycles. The highest BCUT2D eigenvalue weighted by Gasteiger charge is 2.11. The normalized spacial score (nSPS) is 12.0. The van der Waals surface area contributed by atoms with E-state index in [1.807, 2.05) is 43.3 Å². The van der Waals surface area contributed by atoms with Gasteiger partial charge in [0, 0.05) is 6.42 Å². The van der Waals surface area contributed by atoms with E-state index in [2.05, 4.69) is 26.5 Å². The molecule has 0 aromatic heterocycles. The Bertz CT molecular complexity index is 781. The second kappa shape index (κ2) is 10.7. The Morgan fingerprint density at radius 3 is 2.74 bits per heavy atom. The number of hydrazone groups is 1. The van der Waals surface area contributed by atoms with Crippen LogP contribution in [0.4, 0.5) is 0 Å². The molecule has 2 aromatic rings. The summed E-state index contributed by atoms with van der Waals surface area (Å²) in [5.41, 5.74) is 4.01. The number of halogens is 1. The van der Waals surface area contributed by atoms with E-state index in [0.29, 0.717) is 24.5 Å². The van der Waals surface area contributed by atoms with Gasteiger partial charge in [-0.15, -0.1) is 0 Å². The van der Waals surface area contributed by atoms with Gasteiger partial charge in [-0.25, -0.2) is 5.43 Å². The van der Waals surface area contributed by atoms with Crippen molar-refractivity contribution in [3.8, 4) is 11.5 Å². The first kappa shape index (κ1) is 20.9. The molecule has 27 heavy (non-hydrogen) atoms. The van der Waals surface area contributed by atoms with Gasteiger partial charge in [0.15, 0.2) is 11.5 Å². The quantitative estimate of drug-likeness (QED) is 0.464. The van der Waals surface area contributed by atoms with Crippen LogP contribution in [0.2, 0.25) is 0 Å². The van der Waals surface area contributed by atoms with Gasteiger partial charge in [0.05, 0.1) is 30.5 Å². The van der Waals surface area contributed by atoms with E-state index in [9.17, 15) is 9.90 Å². The van der Waals surface area contributed by atoms with Crippen LogP contribution >= 0.6 is 15.9 Å². The van der Waals surface area contributed by atoms with Gasteiger partial charge < -0.3 is 14.6 Å². The molecule has 0 aliphatic heterocycles. The first-order valence-corrected chi connectivity index (χ1v) is 9.39. The molecule has 0 saturated heterocycles. The summed E-state index contributed by atoms with van der Waals surface area (Å²) in [4.78, 5) is 11.9. The summed E-state index contributed by atoms with van der Waals surface area (Å²) in [6, 6.07) is 12.8. The molecule has 0 bridgehead atoms. The monoisotopic (exact) mass is 434 g/mol. The lowest BCUT2D eigenvalue weighted by Gasteiger charge is -2.12. The maximum Gasteiger partial charge on any atom is 0.240 e. The second-order valence-electron chi connectivity index (χ2n) is 5.73. The number of nitrogens with zero attached hydrogens (tertiary/aromatic N) is 1. The molecule has 0 heterocycles. The third-order valence-corrected chi connectivity index (χ3v) is 4.36. The van der Waals surface area contributed by atoms with Crippen LogP contribution in [0.1, 0.15) is 37.0 Å². The standard InChI is InChI=1S/C20H23BrN2O4/c1-3-27-18-12-14(11-16(21)20(18)26-2)13-22-23-19(25)10-9-17(24)15-7-5-4-6-8-15/h4-8,11-13,17,24H,3,9-10H2,1-2H3,(H,23,25)/b22-13-/t17-/m0/s1. The number of amides is 1. The molecule has 7 heteroatoms. The molecule has 2 aromatic carbocycles. The zero-order valence-electron chi connectivity index (χ0n) is 15.3. The number of hydrogen-bond donors (Lipinski definition) is 2. The van der Waals surface area contributed by atoms with Crippen molar-refractivity contribution in [1.29, 1.82) is 0 Å². The number of nitrogens with one attached hydrogen (secondary N) is 1. The van der Waals surface area contributed by atoms with Crippen LogP contribution in [-0.2, 0) is 4.79 Å². The number of methoxy groups -OCH3 is 1. The van der Waals surface area contributed by atoms with Crippen molar-refractivity contribution in [2.75, 3.05) is 13.7 Å². The van der Waals surface area contributed by atoms with Crippen LogP contribution in [0.3, 0.4) is 0 Å². The smallest absolute Gasteiger partial charge is 0.240 e. The van der Waals surface area contributed by atoms with Crippen LogP contribution in [-0.4, -0.2) is 30.9 Å². The van der Waals surface area contributed by atoms with E-state index in [1.54, 1.807) is 13.2 Å². The highest BCUT2D eigenvalue weighted by atomic mass is 79.9. The summed E-state index contributed by atoms with van der Waals surface area (Å²) in [7, 11) is 1.57. The fraction of sp³-hybridized carbons (Fsp3) is 0.300. The van der Waals surface area contributed by atoms with Crippen molar-refractivity contribution >= 4 is 28.1 Å². The van der Waals surface area contributed by atoms with E-state index in [4.69, 9.17) is 9.47 Å². The lowest BCUT2D eigenvalue weighted by atomic mass is 10.1. The van der Waals surface area contributed by atoms with Gasteiger partial charge in [0.25, 0.3) is 0 Å². The average Bonchev–Trinajstić information content (AvgIpc) is 2.67. The predicted molar refractivity (Wildman–Crippen MR) is 108 cm³/mol. The Morgan fingerprint density at radius 1 is 1.33 bits per heavy atom. The molecular formula is C20H23BrN2O4. The fourth-order valence-electron chi connectivity index (χ4n) is 2.47. The van der Waals surface area contributed by atoms with E-state index >= 15 is 0 Å². The SMILES string of the molecule is CCOc1cc(/C=N\NC(=O)CC[C@H](O)c2ccccc2)cc(Br)c1OC. The van der Waals surface area contributed by atoms with Crippen LogP contribution in [0.25, 0.3) is 0 Å². The largest absolute Gasteiger partial charge is 0.492 e. The topological polar surface area (TPSA) is 80.2 Å². The van der Waals surface area contributed by atoms with Crippen LogP contribution in [0.5, 0.6) is 11.5 Å². The number of carbonyl (C=O) groups excluding carboxylic acids is 1.